The summed E-state index contributed by atoms with van der Waals surface area (Å²) in [7, 11) is 0. The minimum atomic E-state index is -0.758. The first-order valence-corrected chi connectivity index (χ1v) is 20.7. The standard InChI is InChI=1S/C42H80O6/c1-6-7-8-20-29-34-42(45)48-39(36-47-41(44)33-28-24-19-18-22-26-31-38(4)5)35-46-40(43)32-27-23-17-15-13-11-9-10-12-14-16-21-25-30-37(2)3/h37-39H,6-36H2,1-5H3/t39-/m0/s1. The molecule has 0 spiro atoms. The van der Waals surface area contributed by atoms with Crippen molar-refractivity contribution in [2.75, 3.05) is 13.2 Å². The van der Waals surface area contributed by atoms with Gasteiger partial charge in [0.15, 0.2) is 6.10 Å². The molecule has 6 heteroatoms. The highest BCUT2D eigenvalue weighted by molar-refractivity contribution is 5.71. The monoisotopic (exact) mass is 681 g/mol. The molecule has 0 fully saturated rings. The van der Waals surface area contributed by atoms with Crippen molar-refractivity contribution < 1.29 is 28.6 Å². The van der Waals surface area contributed by atoms with Crippen molar-refractivity contribution in [3.8, 4) is 0 Å². The first kappa shape index (κ1) is 46.4. The van der Waals surface area contributed by atoms with E-state index < -0.39 is 6.10 Å². The van der Waals surface area contributed by atoms with Gasteiger partial charge in [-0.1, -0.05) is 182 Å². The summed E-state index contributed by atoms with van der Waals surface area (Å²) in [5.41, 5.74) is 0. The highest BCUT2D eigenvalue weighted by Gasteiger charge is 2.19. The normalized spacial score (nSPS) is 12.1. The summed E-state index contributed by atoms with van der Waals surface area (Å²) in [6.07, 6.45) is 31.3. The van der Waals surface area contributed by atoms with Crippen molar-refractivity contribution in [1.29, 1.82) is 0 Å². The van der Waals surface area contributed by atoms with Crippen LogP contribution in [0.2, 0.25) is 0 Å². The lowest BCUT2D eigenvalue weighted by Crippen LogP contribution is -2.30. The van der Waals surface area contributed by atoms with Crippen molar-refractivity contribution >= 4 is 17.9 Å². The molecule has 0 amide bonds. The van der Waals surface area contributed by atoms with Crippen LogP contribution in [-0.4, -0.2) is 37.2 Å². The molecular formula is C42H80O6. The number of hydrogen-bond donors (Lipinski definition) is 0. The van der Waals surface area contributed by atoms with Gasteiger partial charge in [-0.25, -0.2) is 0 Å². The fraction of sp³-hybridized carbons (Fsp3) is 0.929. The molecule has 48 heavy (non-hydrogen) atoms. The van der Waals surface area contributed by atoms with E-state index in [-0.39, 0.29) is 31.1 Å². The summed E-state index contributed by atoms with van der Waals surface area (Å²) in [5.74, 6) is 0.722. The van der Waals surface area contributed by atoms with Crippen LogP contribution in [0.3, 0.4) is 0 Å². The molecule has 0 aliphatic heterocycles. The van der Waals surface area contributed by atoms with Gasteiger partial charge in [-0.05, 0) is 31.1 Å². The van der Waals surface area contributed by atoms with Crippen molar-refractivity contribution in [3.63, 3.8) is 0 Å². The van der Waals surface area contributed by atoms with Crippen LogP contribution in [0.1, 0.15) is 221 Å². The van der Waals surface area contributed by atoms with E-state index in [2.05, 4.69) is 34.6 Å². The van der Waals surface area contributed by atoms with Gasteiger partial charge in [-0.2, -0.15) is 0 Å². The third-order valence-electron chi connectivity index (χ3n) is 9.22. The summed E-state index contributed by atoms with van der Waals surface area (Å²) >= 11 is 0. The Kier molecular flexibility index (Phi) is 34.1. The molecule has 0 aliphatic carbocycles. The van der Waals surface area contributed by atoms with Crippen LogP contribution >= 0.6 is 0 Å². The number of hydrogen-bond acceptors (Lipinski definition) is 6. The van der Waals surface area contributed by atoms with E-state index >= 15 is 0 Å². The van der Waals surface area contributed by atoms with Crippen LogP contribution in [0, 0.1) is 11.8 Å². The molecule has 0 aromatic heterocycles. The first-order valence-electron chi connectivity index (χ1n) is 20.7. The van der Waals surface area contributed by atoms with Crippen LogP contribution in [0.5, 0.6) is 0 Å². The summed E-state index contributed by atoms with van der Waals surface area (Å²) < 4.78 is 16.5. The molecule has 0 heterocycles. The number of esters is 3. The molecule has 0 aromatic rings. The van der Waals surface area contributed by atoms with E-state index in [1.165, 1.54) is 103 Å². The number of ether oxygens (including phenoxy) is 3. The van der Waals surface area contributed by atoms with Crippen molar-refractivity contribution in [1.82, 2.24) is 0 Å². The van der Waals surface area contributed by atoms with Crippen LogP contribution in [0.4, 0.5) is 0 Å². The Balaban J connectivity index is 4.14. The molecule has 0 unspecified atom stereocenters. The highest BCUT2D eigenvalue weighted by Crippen LogP contribution is 2.16. The van der Waals surface area contributed by atoms with Crippen molar-refractivity contribution in [2.24, 2.45) is 11.8 Å². The molecular weight excluding hydrogens is 600 g/mol. The predicted molar refractivity (Wildman–Crippen MR) is 201 cm³/mol. The first-order chi connectivity index (χ1) is 23.2. The Morgan fingerprint density at radius 1 is 0.396 bits per heavy atom. The zero-order valence-electron chi connectivity index (χ0n) is 32.6. The van der Waals surface area contributed by atoms with Gasteiger partial charge in [0.05, 0.1) is 0 Å². The second-order valence-electron chi connectivity index (χ2n) is 15.2. The topological polar surface area (TPSA) is 78.9 Å². The zero-order valence-corrected chi connectivity index (χ0v) is 32.6. The molecule has 0 aromatic carbocycles. The highest BCUT2D eigenvalue weighted by atomic mass is 16.6. The van der Waals surface area contributed by atoms with Gasteiger partial charge >= 0.3 is 17.9 Å². The number of rotatable bonds is 36. The van der Waals surface area contributed by atoms with E-state index in [1.807, 2.05) is 0 Å². The van der Waals surface area contributed by atoms with Crippen LogP contribution in [0.25, 0.3) is 0 Å². The van der Waals surface area contributed by atoms with Gasteiger partial charge in [0.1, 0.15) is 13.2 Å². The van der Waals surface area contributed by atoms with E-state index in [9.17, 15) is 14.4 Å². The molecule has 0 radical (unpaired) electrons. The molecule has 1 atom stereocenters. The average Bonchev–Trinajstić information content (AvgIpc) is 3.04. The molecule has 0 bridgehead atoms. The maximum atomic E-state index is 12.5. The second-order valence-corrected chi connectivity index (χ2v) is 15.2. The SMILES string of the molecule is CCCCCCCC(=O)O[C@@H](COC(=O)CCCCCCCCCCCCCCCC(C)C)COC(=O)CCCCCCCCC(C)C. The molecule has 0 saturated heterocycles. The Hall–Kier alpha value is -1.59. The molecule has 0 aliphatic rings. The summed E-state index contributed by atoms with van der Waals surface area (Å²) in [6.45, 7) is 11.2. The van der Waals surface area contributed by atoms with Crippen LogP contribution in [-0.2, 0) is 28.6 Å². The Bertz CT molecular complexity index is 734. The van der Waals surface area contributed by atoms with Crippen LogP contribution < -0.4 is 0 Å². The lowest BCUT2D eigenvalue weighted by molar-refractivity contribution is -0.167. The molecule has 0 saturated carbocycles. The van der Waals surface area contributed by atoms with Gasteiger partial charge < -0.3 is 14.2 Å². The van der Waals surface area contributed by atoms with Gasteiger partial charge in [-0.3, -0.25) is 14.4 Å². The van der Waals surface area contributed by atoms with Gasteiger partial charge in [0, 0.05) is 19.3 Å². The van der Waals surface area contributed by atoms with Gasteiger partial charge in [0.25, 0.3) is 0 Å². The molecule has 0 rings (SSSR count). The largest absolute Gasteiger partial charge is 0.462 e. The smallest absolute Gasteiger partial charge is 0.306 e. The maximum absolute atomic E-state index is 12.5. The lowest BCUT2D eigenvalue weighted by atomic mass is 10.0. The van der Waals surface area contributed by atoms with E-state index in [1.54, 1.807) is 0 Å². The minimum absolute atomic E-state index is 0.0674. The Morgan fingerprint density at radius 3 is 1.02 bits per heavy atom. The predicted octanol–water partition coefficient (Wildman–Crippen LogP) is 12.6. The second kappa shape index (κ2) is 35.2. The van der Waals surface area contributed by atoms with Crippen molar-refractivity contribution in [2.45, 2.75) is 227 Å². The molecule has 0 N–H and O–H groups in total. The van der Waals surface area contributed by atoms with E-state index in [0.29, 0.717) is 19.3 Å². The number of carbonyl (C=O) groups is 3. The quantitative estimate of drug-likeness (QED) is 0.0372. The van der Waals surface area contributed by atoms with Crippen molar-refractivity contribution in [3.05, 3.63) is 0 Å². The minimum Gasteiger partial charge on any atom is -0.462 e. The number of unbranched alkanes of at least 4 members (excludes halogenated alkanes) is 21. The third kappa shape index (κ3) is 35.7. The van der Waals surface area contributed by atoms with Crippen LogP contribution in [0.15, 0.2) is 0 Å². The van der Waals surface area contributed by atoms with Gasteiger partial charge in [-0.15, -0.1) is 0 Å². The Morgan fingerprint density at radius 2 is 0.688 bits per heavy atom. The summed E-state index contributed by atoms with van der Waals surface area (Å²) in [4.78, 5) is 37.2. The third-order valence-corrected chi connectivity index (χ3v) is 9.22. The summed E-state index contributed by atoms with van der Waals surface area (Å²) in [5, 5.41) is 0. The maximum Gasteiger partial charge on any atom is 0.306 e. The summed E-state index contributed by atoms with van der Waals surface area (Å²) in [6, 6.07) is 0. The lowest BCUT2D eigenvalue weighted by Gasteiger charge is -2.18. The molecule has 6 nitrogen and oxygen atoms in total. The average molecular weight is 681 g/mol. The Labute approximate surface area is 298 Å². The van der Waals surface area contributed by atoms with E-state index in [0.717, 1.165) is 76.0 Å². The number of carbonyl (C=O) groups excluding carboxylic acids is 3. The fourth-order valence-corrected chi connectivity index (χ4v) is 6.05. The fourth-order valence-electron chi connectivity index (χ4n) is 6.05. The van der Waals surface area contributed by atoms with E-state index in [4.69, 9.17) is 14.2 Å². The van der Waals surface area contributed by atoms with Gasteiger partial charge in [0.2, 0.25) is 0 Å². The zero-order chi connectivity index (χ0) is 35.5. The molecule has 284 valence electrons.